The molecule has 0 amide bonds. The number of benzene rings is 1. The molecule has 1 aromatic carbocycles. The molecule has 0 fully saturated rings. The van der Waals surface area contributed by atoms with Crippen LogP contribution in [0.5, 0.6) is 0 Å². The van der Waals surface area contributed by atoms with E-state index in [1.807, 2.05) is 0 Å². The maximum Gasteiger partial charge on any atom is 0.149 e. The number of halogens is 2. The number of rotatable bonds is 2. The number of hydrogen-bond acceptors (Lipinski definition) is 4. The zero-order valence-corrected chi connectivity index (χ0v) is 11.5. The second kappa shape index (κ2) is 5.25. The number of anilines is 3. The molecule has 0 saturated carbocycles. The highest BCUT2D eigenvalue weighted by atomic mass is 79.9. The predicted octanol–water partition coefficient (Wildman–Crippen LogP) is 3.69. The molecule has 4 nitrogen and oxygen atoms in total. The van der Waals surface area contributed by atoms with Gasteiger partial charge in [-0.2, -0.15) is 5.26 Å². The summed E-state index contributed by atoms with van der Waals surface area (Å²) in [5.41, 5.74) is 7.19. The van der Waals surface area contributed by atoms with Crippen molar-refractivity contribution in [2.45, 2.75) is 0 Å². The molecule has 6 heteroatoms. The Labute approximate surface area is 118 Å². The summed E-state index contributed by atoms with van der Waals surface area (Å²) in [4.78, 5) is 4.09. The molecule has 1 aromatic heterocycles. The lowest BCUT2D eigenvalue weighted by molar-refractivity contribution is 1.30. The van der Waals surface area contributed by atoms with Crippen molar-refractivity contribution in [1.82, 2.24) is 4.98 Å². The van der Waals surface area contributed by atoms with Crippen molar-refractivity contribution >= 4 is 44.7 Å². The average molecular weight is 324 g/mol. The molecule has 0 saturated heterocycles. The van der Waals surface area contributed by atoms with Crippen molar-refractivity contribution in [1.29, 1.82) is 5.26 Å². The highest BCUT2D eigenvalue weighted by Gasteiger charge is 2.07. The quantitative estimate of drug-likeness (QED) is 0.883. The van der Waals surface area contributed by atoms with Gasteiger partial charge in [0.1, 0.15) is 11.9 Å². The molecule has 0 aliphatic rings. The molecule has 0 atom stereocenters. The van der Waals surface area contributed by atoms with Crippen molar-refractivity contribution < 1.29 is 0 Å². The maximum atomic E-state index is 9.02. The first-order chi connectivity index (χ1) is 8.60. The molecule has 2 rings (SSSR count). The minimum atomic E-state index is 0.402. The SMILES string of the molecule is N#Cc1ccc(Br)cc1Nc1ncc(N)cc1Cl. The number of nitriles is 1. The lowest BCUT2D eigenvalue weighted by atomic mass is 10.2. The van der Waals surface area contributed by atoms with E-state index in [9.17, 15) is 0 Å². The Kier molecular flexibility index (Phi) is 3.70. The van der Waals surface area contributed by atoms with E-state index in [1.54, 1.807) is 24.3 Å². The summed E-state index contributed by atoms with van der Waals surface area (Å²) in [6.07, 6.45) is 1.50. The van der Waals surface area contributed by atoms with Crippen molar-refractivity contribution in [2.75, 3.05) is 11.1 Å². The van der Waals surface area contributed by atoms with Gasteiger partial charge in [0, 0.05) is 4.47 Å². The number of aromatic nitrogens is 1. The number of nitrogens with zero attached hydrogens (tertiary/aromatic N) is 2. The van der Waals surface area contributed by atoms with E-state index in [1.165, 1.54) is 6.20 Å². The summed E-state index contributed by atoms with van der Waals surface area (Å²) in [6, 6.07) is 8.98. The van der Waals surface area contributed by atoms with Gasteiger partial charge in [-0.1, -0.05) is 27.5 Å². The van der Waals surface area contributed by atoms with Crippen molar-refractivity contribution in [3.63, 3.8) is 0 Å². The molecule has 90 valence electrons. The van der Waals surface area contributed by atoms with Gasteiger partial charge >= 0.3 is 0 Å². The van der Waals surface area contributed by atoms with Crippen LogP contribution in [0.1, 0.15) is 5.56 Å². The first-order valence-corrected chi connectivity index (χ1v) is 6.15. The average Bonchev–Trinajstić information content (AvgIpc) is 2.33. The third-order valence-electron chi connectivity index (χ3n) is 2.22. The zero-order valence-electron chi connectivity index (χ0n) is 9.11. The normalized spacial score (nSPS) is 9.83. The van der Waals surface area contributed by atoms with Crippen LogP contribution in [-0.4, -0.2) is 4.98 Å². The largest absolute Gasteiger partial charge is 0.397 e. The molecule has 0 spiro atoms. The second-order valence-electron chi connectivity index (χ2n) is 3.53. The Balaban J connectivity index is 2.40. The number of nitrogens with two attached hydrogens (primary N) is 1. The highest BCUT2D eigenvalue weighted by Crippen LogP contribution is 2.28. The lowest BCUT2D eigenvalue weighted by Crippen LogP contribution is -1.98. The molecule has 18 heavy (non-hydrogen) atoms. The number of nitrogen functional groups attached to an aromatic ring is 1. The fourth-order valence-electron chi connectivity index (χ4n) is 1.39. The molecule has 0 unspecified atom stereocenters. The van der Waals surface area contributed by atoms with Gasteiger partial charge in [0.25, 0.3) is 0 Å². The van der Waals surface area contributed by atoms with E-state index < -0.39 is 0 Å². The highest BCUT2D eigenvalue weighted by molar-refractivity contribution is 9.10. The summed E-state index contributed by atoms with van der Waals surface area (Å²) in [7, 11) is 0. The Morgan fingerprint density at radius 3 is 2.83 bits per heavy atom. The fraction of sp³-hybridized carbons (Fsp3) is 0. The van der Waals surface area contributed by atoms with Crippen molar-refractivity contribution in [2.24, 2.45) is 0 Å². The second-order valence-corrected chi connectivity index (χ2v) is 4.85. The minimum absolute atomic E-state index is 0.402. The fourth-order valence-corrected chi connectivity index (χ4v) is 1.97. The molecule has 0 aliphatic heterocycles. The van der Waals surface area contributed by atoms with E-state index in [0.717, 1.165) is 4.47 Å². The number of nitrogens with one attached hydrogen (secondary N) is 1. The summed E-state index contributed by atoms with van der Waals surface area (Å²) in [6.45, 7) is 0. The van der Waals surface area contributed by atoms with Crippen LogP contribution in [0, 0.1) is 11.3 Å². The topological polar surface area (TPSA) is 74.7 Å². The van der Waals surface area contributed by atoms with Gasteiger partial charge in [-0.3, -0.25) is 0 Å². The molecule has 0 radical (unpaired) electrons. The molecule has 3 N–H and O–H groups in total. The zero-order chi connectivity index (χ0) is 13.1. The minimum Gasteiger partial charge on any atom is -0.397 e. The van der Waals surface area contributed by atoms with Gasteiger partial charge < -0.3 is 11.1 Å². The number of hydrogen-bond donors (Lipinski definition) is 2. The van der Waals surface area contributed by atoms with Crippen LogP contribution >= 0.6 is 27.5 Å². The van der Waals surface area contributed by atoms with Crippen LogP contribution in [0.25, 0.3) is 0 Å². The maximum absolute atomic E-state index is 9.02. The molecule has 1 heterocycles. The van der Waals surface area contributed by atoms with Crippen LogP contribution < -0.4 is 11.1 Å². The van der Waals surface area contributed by atoms with Crippen LogP contribution in [0.2, 0.25) is 5.02 Å². The summed E-state index contributed by atoms with van der Waals surface area (Å²) in [5.74, 6) is 0.459. The third-order valence-corrected chi connectivity index (χ3v) is 3.00. The third kappa shape index (κ3) is 2.73. The summed E-state index contributed by atoms with van der Waals surface area (Å²) < 4.78 is 0.857. The van der Waals surface area contributed by atoms with Gasteiger partial charge in [0.15, 0.2) is 0 Å². The van der Waals surface area contributed by atoms with Gasteiger partial charge in [-0.05, 0) is 24.3 Å². The Morgan fingerprint density at radius 2 is 2.17 bits per heavy atom. The molecule has 0 bridgehead atoms. The first kappa shape index (κ1) is 12.7. The van der Waals surface area contributed by atoms with E-state index in [4.69, 9.17) is 22.6 Å². The molecular weight excluding hydrogens is 316 g/mol. The monoisotopic (exact) mass is 322 g/mol. The molecule has 2 aromatic rings. The lowest BCUT2D eigenvalue weighted by Gasteiger charge is -2.09. The van der Waals surface area contributed by atoms with Gasteiger partial charge in [-0.25, -0.2) is 4.98 Å². The van der Waals surface area contributed by atoms with Crippen molar-refractivity contribution in [3.05, 3.63) is 45.5 Å². The summed E-state index contributed by atoms with van der Waals surface area (Å²) >= 11 is 9.36. The Hall–Kier alpha value is -1.77. The van der Waals surface area contributed by atoms with Crippen LogP contribution in [0.3, 0.4) is 0 Å². The van der Waals surface area contributed by atoms with Crippen molar-refractivity contribution in [3.8, 4) is 6.07 Å². The van der Waals surface area contributed by atoms with E-state index >= 15 is 0 Å². The van der Waals surface area contributed by atoms with E-state index in [2.05, 4.69) is 32.3 Å². The van der Waals surface area contributed by atoms with Crippen LogP contribution in [0.15, 0.2) is 34.9 Å². The summed E-state index contributed by atoms with van der Waals surface area (Å²) in [5, 5.41) is 12.4. The molecule has 0 aliphatic carbocycles. The van der Waals surface area contributed by atoms with Gasteiger partial charge in [0.05, 0.1) is 28.2 Å². The van der Waals surface area contributed by atoms with Crippen LogP contribution in [-0.2, 0) is 0 Å². The van der Waals surface area contributed by atoms with Crippen LogP contribution in [0.4, 0.5) is 17.2 Å². The molecular formula is C12H8BrClN4. The smallest absolute Gasteiger partial charge is 0.149 e. The van der Waals surface area contributed by atoms with E-state index in [0.29, 0.717) is 27.8 Å². The van der Waals surface area contributed by atoms with Gasteiger partial charge in [-0.15, -0.1) is 0 Å². The van der Waals surface area contributed by atoms with Gasteiger partial charge in [0.2, 0.25) is 0 Å². The predicted molar refractivity (Wildman–Crippen MR) is 75.8 cm³/mol. The standard InChI is InChI=1S/C12H8BrClN4/c13-8-2-1-7(5-15)11(3-8)18-12-10(14)4-9(16)6-17-12/h1-4,6H,16H2,(H,17,18). The number of pyridine rings is 1. The Morgan fingerprint density at radius 1 is 1.39 bits per heavy atom. The van der Waals surface area contributed by atoms with E-state index in [-0.39, 0.29) is 0 Å². The Bertz CT molecular complexity index is 636. The first-order valence-electron chi connectivity index (χ1n) is 4.98.